The fourth-order valence-corrected chi connectivity index (χ4v) is 3.24. The fourth-order valence-electron chi connectivity index (χ4n) is 2.38. The molecule has 0 bridgehead atoms. The lowest BCUT2D eigenvalue weighted by molar-refractivity contribution is -0.118. The Bertz CT molecular complexity index is 882. The Balaban J connectivity index is 1.50. The van der Waals surface area contributed by atoms with E-state index in [1.54, 1.807) is 29.3 Å². The predicted molar refractivity (Wildman–Crippen MR) is 115 cm³/mol. The largest absolute Gasteiger partial charge is 0.441 e. The van der Waals surface area contributed by atoms with Gasteiger partial charge < -0.3 is 10.1 Å². The quantitative estimate of drug-likeness (QED) is 0.807. The zero-order chi connectivity index (χ0) is 19.9. The van der Waals surface area contributed by atoms with Crippen LogP contribution in [-0.4, -0.2) is 41.3 Å². The van der Waals surface area contributed by atoms with Gasteiger partial charge in [-0.3, -0.25) is 9.80 Å². The average Bonchev–Trinajstić information content (AvgIpc) is 2.67. The summed E-state index contributed by atoms with van der Waals surface area (Å²) in [6.45, 7) is 2.99. The van der Waals surface area contributed by atoms with E-state index in [4.69, 9.17) is 16.3 Å². The summed E-state index contributed by atoms with van der Waals surface area (Å²) in [5.41, 5.74) is 2.26. The number of amides is 1. The molecule has 1 heterocycles. The van der Waals surface area contributed by atoms with Crippen molar-refractivity contribution in [3.63, 3.8) is 0 Å². The van der Waals surface area contributed by atoms with Crippen LogP contribution in [0.2, 0.25) is 5.02 Å². The molecule has 0 fully saturated rings. The van der Waals surface area contributed by atoms with Gasteiger partial charge in [0.05, 0.1) is 5.75 Å². The maximum atomic E-state index is 12.1. The number of aliphatic imine (C=N–C) groups is 1. The van der Waals surface area contributed by atoms with Crippen molar-refractivity contribution in [2.75, 3.05) is 19.3 Å². The minimum atomic E-state index is -0.0723. The Labute approximate surface area is 173 Å². The number of hydrazone groups is 1. The van der Waals surface area contributed by atoms with Gasteiger partial charge in [-0.15, -0.1) is 5.10 Å². The Morgan fingerprint density at radius 2 is 1.93 bits per heavy atom. The third-order valence-corrected chi connectivity index (χ3v) is 4.92. The van der Waals surface area contributed by atoms with Crippen molar-refractivity contribution in [1.82, 2.24) is 10.3 Å². The lowest BCUT2D eigenvalue weighted by atomic mass is 10.1. The molecular formula is C20H21ClN4O2S. The molecule has 28 heavy (non-hydrogen) atoms. The lowest BCUT2D eigenvalue weighted by Gasteiger charge is -2.20. The zero-order valence-electron chi connectivity index (χ0n) is 15.7. The number of thioether (sulfide) groups is 1. The Kier molecular flexibility index (Phi) is 6.95. The van der Waals surface area contributed by atoms with E-state index in [1.807, 2.05) is 38.2 Å². The highest BCUT2D eigenvalue weighted by molar-refractivity contribution is 8.14. The molecule has 146 valence electrons. The number of likely N-dealkylation sites (N-methyl/N-ethyl adjacent to an activating group) is 1. The van der Waals surface area contributed by atoms with Gasteiger partial charge in [0.25, 0.3) is 0 Å². The van der Waals surface area contributed by atoms with E-state index in [9.17, 15) is 4.79 Å². The second kappa shape index (κ2) is 9.61. The number of aryl methyl sites for hydroxylation is 1. The first-order chi connectivity index (χ1) is 13.5. The molecule has 0 spiro atoms. The van der Waals surface area contributed by atoms with Gasteiger partial charge in [-0.05, 0) is 36.8 Å². The van der Waals surface area contributed by atoms with Crippen LogP contribution < -0.4 is 10.1 Å². The summed E-state index contributed by atoms with van der Waals surface area (Å²) < 4.78 is 5.79. The first-order valence-electron chi connectivity index (χ1n) is 8.74. The summed E-state index contributed by atoms with van der Waals surface area (Å²) in [5.74, 6) is 1.33. The Morgan fingerprint density at radius 3 is 2.64 bits per heavy atom. The molecule has 1 aliphatic heterocycles. The van der Waals surface area contributed by atoms with E-state index in [1.165, 1.54) is 17.3 Å². The number of amidine groups is 1. The van der Waals surface area contributed by atoms with Gasteiger partial charge in [-0.25, -0.2) is 0 Å². The number of carbonyl (C=O) groups is 1. The predicted octanol–water partition coefficient (Wildman–Crippen LogP) is 3.69. The second-order valence-corrected chi connectivity index (χ2v) is 7.69. The first kappa shape index (κ1) is 20.2. The third kappa shape index (κ3) is 6.28. The number of carbonyl (C=O) groups excluding carboxylic acids is 1. The van der Waals surface area contributed by atoms with Gasteiger partial charge in [0, 0.05) is 18.6 Å². The molecule has 3 rings (SSSR count). The SMILES string of the molecule is Cc1ccc(CNC(=O)CSC2=NN(C)CC(Oc3ccc(Cl)cc3)=N2)cc1. The topological polar surface area (TPSA) is 66.3 Å². The van der Waals surface area contributed by atoms with Crippen LogP contribution in [0.15, 0.2) is 58.6 Å². The number of hydrogen-bond donors (Lipinski definition) is 1. The van der Waals surface area contributed by atoms with Crippen LogP contribution >= 0.6 is 23.4 Å². The van der Waals surface area contributed by atoms with Crippen molar-refractivity contribution < 1.29 is 9.53 Å². The normalized spacial score (nSPS) is 13.6. The van der Waals surface area contributed by atoms with Gasteiger partial charge in [0.2, 0.25) is 17.0 Å². The van der Waals surface area contributed by atoms with Crippen molar-refractivity contribution in [2.24, 2.45) is 10.1 Å². The number of ether oxygens (including phenoxy) is 1. The molecule has 0 aliphatic carbocycles. The highest BCUT2D eigenvalue weighted by atomic mass is 35.5. The first-order valence-corrected chi connectivity index (χ1v) is 10.1. The van der Waals surface area contributed by atoms with E-state index < -0.39 is 0 Å². The van der Waals surface area contributed by atoms with Gasteiger partial charge in [0.15, 0.2) is 0 Å². The van der Waals surface area contributed by atoms with Crippen molar-refractivity contribution in [2.45, 2.75) is 13.5 Å². The minimum Gasteiger partial charge on any atom is -0.441 e. The van der Waals surface area contributed by atoms with E-state index in [0.29, 0.717) is 34.9 Å². The summed E-state index contributed by atoms with van der Waals surface area (Å²) in [6, 6.07) is 15.1. The summed E-state index contributed by atoms with van der Waals surface area (Å²) in [4.78, 5) is 16.5. The zero-order valence-corrected chi connectivity index (χ0v) is 17.3. The summed E-state index contributed by atoms with van der Waals surface area (Å²) in [7, 11) is 1.83. The Hall–Kier alpha value is -2.51. The molecule has 8 heteroatoms. The summed E-state index contributed by atoms with van der Waals surface area (Å²) >= 11 is 7.16. The van der Waals surface area contributed by atoms with Crippen molar-refractivity contribution >= 4 is 40.3 Å². The number of rotatable bonds is 5. The Morgan fingerprint density at radius 1 is 1.21 bits per heavy atom. The van der Waals surface area contributed by atoms with Gasteiger partial charge in [-0.1, -0.05) is 53.2 Å². The number of benzene rings is 2. The van der Waals surface area contributed by atoms with E-state index in [-0.39, 0.29) is 11.7 Å². The van der Waals surface area contributed by atoms with Crippen molar-refractivity contribution in [3.05, 3.63) is 64.7 Å². The molecule has 0 atom stereocenters. The van der Waals surface area contributed by atoms with Crippen LogP contribution in [0, 0.1) is 6.92 Å². The van der Waals surface area contributed by atoms with E-state index >= 15 is 0 Å². The highest BCUT2D eigenvalue weighted by Gasteiger charge is 2.16. The molecule has 0 unspecified atom stereocenters. The highest BCUT2D eigenvalue weighted by Crippen LogP contribution is 2.18. The molecule has 2 aromatic rings. The summed E-state index contributed by atoms with van der Waals surface area (Å²) in [6.07, 6.45) is 0. The van der Waals surface area contributed by atoms with Crippen molar-refractivity contribution in [1.29, 1.82) is 0 Å². The fraction of sp³-hybridized carbons (Fsp3) is 0.250. The molecule has 1 amide bonds. The van der Waals surface area contributed by atoms with Crippen LogP contribution in [0.5, 0.6) is 5.75 Å². The number of nitrogens with one attached hydrogen (secondary N) is 1. The van der Waals surface area contributed by atoms with Crippen LogP contribution in [0.4, 0.5) is 0 Å². The van der Waals surface area contributed by atoms with Crippen LogP contribution in [-0.2, 0) is 11.3 Å². The maximum absolute atomic E-state index is 12.1. The lowest BCUT2D eigenvalue weighted by Crippen LogP contribution is -2.31. The third-order valence-electron chi connectivity index (χ3n) is 3.83. The van der Waals surface area contributed by atoms with Crippen LogP contribution in [0.25, 0.3) is 0 Å². The number of nitrogens with zero attached hydrogens (tertiary/aromatic N) is 3. The average molecular weight is 417 g/mol. The van der Waals surface area contributed by atoms with Gasteiger partial charge in [0.1, 0.15) is 12.3 Å². The molecule has 1 N–H and O–H groups in total. The molecule has 1 aliphatic rings. The molecule has 0 radical (unpaired) electrons. The smallest absolute Gasteiger partial charge is 0.230 e. The number of hydrogen-bond acceptors (Lipinski definition) is 6. The molecule has 2 aromatic carbocycles. The number of halogens is 1. The van der Waals surface area contributed by atoms with E-state index in [2.05, 4.69) is 15.4 Å². The van der Waals surface area contributed by atoms with Crippen molar-refractivity contribution in [3.8, 4) is 5.75 Å². The molecule has 0 aromatic heterocycles. The monoisotopic (exact) mass is 416 g/mol. The second-order valence-electron chi connectivity index (χ2n) is 6.31. The maximum Gasteiger partial charge on any atom is 0.230 e. The summed E-state index contributed by atoms with van der Waals surface area (Å²) in [5, 5.41) is 10.1. The standard InChI is InChI=1S/C20H21ClN4O2S/c1-14-3-5-15(6-4-14)11-22-18(26)13-28-20-23-19(12-25(2)24-20)27-17-9-7-16(21)8-10-17/h3-10H,11-13H2,1-2H3,(H,22,26). The van der Waals surface area contributed by atoms with Gasteiger partial charge >= 0.3 is 0 Å². The molecule has 0 saturated carbocycles. The van der Waals surface area contributed by atoms with Crippen LogP contribution in [0.3, 0.4) is 0 Å². The molecular weight excluding hydrogens is 396 g/mol. The minimum absolute atomic E-state index is 0.0723. The van der Waals surface area contributed by atoms with Gasteiger partial charge in [-0.2, -0.15) is 4.99 Å². The molecule has 6 nitrogen and oxygen atoms in total. The van der Waals surface area contributed by atoms with Crippen LogP contribution in [0.1, 0.15) is 11.1 Å². The molecule has 0 saturated heterocycles. The van der Waals surface area contributed by atoms with E-state index in [0.717, 1.165) is 5.56 Å².